The summed E-state index contributed by atoms with van der Waals surface area (Å²) >= 11 is 0. The molecule has 1 N–H and O–H groups in total. The van der Waals surface area contributed by atoms with E-state index in [0.717, 1.165) is 5.56 Å². The van der Waals surface area contributed by atoms with Gasteiger partial charge >= 0.3 is 0 Å². The standard InChI is InChI=1S/C14H19N3O2/c1-11(14(18)17(2)3)16-10-12-5-4-6-13(9-12)19-8-7-15/h4-6,9,11,16H,8,10H2,1-3H3. The summed E-state index contributed by atoms with van der Waals surface area (Å²) in [4.78, 5) is 13.2. The van der Waals surface area contributed by atoms with Gasteiger partial charge in [-0.05, 0) is 24.6 Å². The maximum Gasteiger partial charge on any atom is 0.238 e. The highest BCUT2D eigenvalue weighted by Crippen LogP contribution is 2.13. The highest BCUT2D eigenvalue weighted by atomic mass is 16.5. The van der Waals surface area contributed by atoms with E-state index in [9.17, 15) is 4.79 Å². The molecule has 0 radical (unpaired) electrons. The molecule has 5 heteroatoms. The summed E-state index contributed by atoms with van der Waals surface area (Å²) in [5.41, 5.74) is 1.01. The second kappa shape index (κ2) is 7.39. The molecule has 0 spiro atoms. The lowest BCUT2D eigenvalue weighted by Gasteiger charge is -2.18. The van der Waals surface area contributed by atoms with Crippen LogP contribution in [0.15, 0.2) is 24.3 Å². The lowest BCUT2D eigenvalue weighted by molar-refractivity contribution is -0.130. The molecule has 1 aromatic rings. The van der Waals surface area contributed by atoms with Crippen LogP contribution in [0.3, 0.4) is 0 Å². The second-order valence-corrected chi connectivity index (χ2v) is 4.43. The van der Waals surface area contributed by atoms with Gasteiger partial charge in [0.1, 0.15) is 11.8 Å². The second-order valence-electron chi connectivity index (χ2n) is 4.43. The van der Waals surface area contributed by atoms with E-state index in [0.29, 0.717) is 12.3 Å². The topological polar surface area (TPSA) is 65.4 Å². The molecule has 1 aromatic carbocycles. The third-order valence-corrected chi connectivity index (χ3v) is 2.63. The number of nitrogens with zero attached hydrogens (tertiary/aromatic N) is 2. The first-order chi connectivity index (χ1) is 9.04. The van der Waals surface area contributed by atoms with E-state index in [2.05, 4.69) is 5.32 Å². The minimum absolute atomic E-state index is 0.0341. The van der Waals surface area contributed by atoms with Crippen molar-refractivity contribution in [3.8, 4) is 11.8 Å². The van der Waals surface area contributed by atoms with Crippen LogP contribution in [0.25, 0.3) is 0 Å². The molecule has 0 bridgehead atoms. The van der Waals surface area contributed by atoms with E-state index in [4.69, 9.17) is 10.00 Å². The first kappa shape index (κ1) is 15.0. The molecular formula is C14H19N3O2. The summed E-state index contributed by atoms with van der Waals surface area (Å²) in [5, 5.41) is 11.6. The third-order valence-electron chi connectivity index (χ3n) is 2.63. The number of rotatable bonds is 6. The van der Waals surface area contributed by atoms with E-state index >= 15 is 0 Å². The quantitative estimate of drug-likeness (QED) is 0.834. The molecular weight excluding hydrogens is 242 g/mol. The number of carbonyl (C=O) groups excluding carboxylic acids is 1. The lowest BCUT2D eigenvalue weighted by Crippen LogP contribution is -2.41. The van der Waals surface area contributed by atoms with E-state index in [1.807, 2.05) is 31.2 Å². The van der Waals surface area contributed by atoms with Crippen molar-refractivity contribution in [3.63, 3.8) is 0 Å². The molecule has 1 unspecified atom stereocenters. The molecule has 102 valence electrons. The van der Waals surface area contributed by atoms with Crippen molar-refractivity contribution < 1.29 is 9.53 Å². The number of hydrogen-bond donors (Lipinski definition) is 1. The van der Waals surface area contributed by atoms with Gasteiger partial charge in [0.2, 0.25) is 5.91 Å². The number of nitrogens with one attached hydrogen (secondary N) is 1. The third kappa shape index (κ3) is 4.98. The minimum atomic E-state index is -0.237. The van der Waals surface area contributed by atoms with Crippen molar-refractivity contribution in [2.24, 2.45) is 0 Å². The Hall–Kier alpha value is -2.06. The van der Waals surface area contributed by atoms with Gasteiger partial charge in [0.25, 0.3) is 0 Å². The predicted molar refractivity (Wildman–Crippen MR) is 72.5 cm³/mol. The Bertz CT molecular complexity index is 466. The molecule has 0 saturated heterocycles. The zero-order chi connectivity index (χ0) is 14.3. The molecule has 19 heavy (non-hydrogen) atoms. The van der Waals surface area contributed by atoms with Gasteiger partial charge in [-0.2, -0.15) is 5.26 Å². The number of hydrogen-bond acceptors (Lipinski definition) is 4. The number of ether oxygens (including phenoxy) is 1. The molecule has 5 nitrogen and oxygen atoms in total. The van der Waals surface area contributed by atoms with Crippen molar-refractivity contribution in [1.29, 1.82) is 5.26 Å². The number of carbonyl (C=O) groups is 1. The van der Waals surface area contributed by atoms with Crippen LogP contribution < -0.4 is 10.1 Å². The Labute approximate surface area is 113 Å². The van der Waals surface area contributed by atoms with Gasteiger partial charge in [-0.15, -0.1) is 0 Å². The zero-order valence-corrected chi connectivity index (χ0v) is 11.5. The maximum atomic E-state index is 11.7. The number of nitriles is 1. The maximum absolute atomic E-state index is 11.7. The van der Waals surface area contributed by atoms with Gasteiger partial charge in [-0.25, -0.2) is 0 Å². The molecule has 0 aliphatic rings. The van der Waals surface area contributed by atoms with Crippen LogP contribution in [0.1, 0.15) is 12.5 Å². The highest BCUT2D eigenvalue weighted by molar-refractivity contribution is 5.80. The number of likely N-dealkylation sites (N-methyl/N-ethyl adjacent to an activating group) is 1. The van der Waals surface area contributed by atoms with Crippen LogP contribution in [-0.4, -0.2) is 37.6 Å². The molecule has 0 aliphatic heterocycles. The zero-order valence-electron chi connectivity index (χ0n) is 11.5. The smallest absolute Gasteiger partial charge is 0.238 e. The first-order valence-corrected chi connectivity index (χ1v) is 6.08. The highest BCUT2D eigenvalue weighted by Gasteiger charge is 2.13. The number of benzene rings is 1. The van der Waals surface area contributed by atoms with Crippen LogP contribution >= 0.6 is 0 Å². The Balaban J connectivity index is 2.53. The summed E-state index contributed by atoms with van der Waals surface area (Å²) in [6.07, 6.45) is 0. The SMILES string of the molecule is CC(NCc1cccc(OCC#N)c1)C(=O)N(C)C. The normalized spacial score (nSPS) is 11.5. The van der Waals surface area contributed by atoms with Gasteiger partial charge in [-0.3, -0.25) is 4.79 Å². The molecule has 0 aliphatic carbocycles. The van der Waals surface area contributed by atoms with Crippen LogP contribution in [0.2, 0.25) is 0 Å². The van der Waals surface area contributed by atoms with Crippen molar-refractivity contribution >= 4 is 5.91 Å². The molecule has 0 fully saturated rings. The van der Waals surface area contributed by atoms with Crippen molar-refractivity contribution in [2.75, 3.05) is 20.7 Å². The molecule has 0 aromatic heterocycles. The summed E-state index contributed by atoms with van der Waals surface area (Å²) in [6, 6.07) is 9.15. The Morgan fingerprint density at radius 3 is 2.89 bits per heavy atom. The Morgan fingerprint density at radius 1 is 1.53 bits per heavy atom. The van der Waals surface area contributed by atoms with Gasteiger partial charge in [-0.1, -0.05) is 12.1 Å². The lowest BCUT2D eigenvalue weighted by atomic mass is 10.2. The molecule has 1 rings (SSSR count). The summed E-state index contributed by atoms with van der Waals surface area (Å²) in [6.45, 7) is 2.44. The van der Waals surface area contributed by atoms with Crippen LogP contribution in [0.5, 0.6) is 5.75 Å². The van der Waals surface area contributed by atoms with Gasteiger partial charge in [0, 0.05) is 20.6 Å². The molecule has 1 atom stereocenters. The Kier molecular flexibility index (Phi) is 5.83. The summed E-state index contributed by atoms with van der Waals surface area (Å²) < 4.78 is 5.22. The fourth-order valence-electron chi connectivity index (χ4n) is 1.61. The summed E-state index contributed by atoms with van der Waals surface area (Å²) in [5.74, 6) is 0.698. The van der Waals surface area contributed by atoms with E-state index in [1.165, 1.54) is 0 Å². The fourth-order valence-corrected chi connectivity index (χ4v) is 1.61. The average molecular weight is 261 g/mol. The van der Waals surface area contributed by atoms with Crippen molar-refractivity contribution in [1.82, 2.24) is 10.2 Å². The van der Waals surface area contributed by atoms with Gasteiger partial charge in [0.15, 0.2) is 6.61 Å². The van der Waals surface area contributed by atoms with Gasteiger partial charge in [0.05, 0.1) is 6.04 Å². The van der Waals surface area contributed by atoms with E-state index in [-0.39, 0.29) is 18.6 Å². The van der Waals surface area contributed by atoms with E-state index < -0.39 is 0 Å². The van der Waals surface area contributed by atoms with Crippen molar-refractivity contribution in [2.45, 2.75) is 19.5 Å². The minimum Gasteiger partial charge on any atom is -0.479 e. The van der Waals surface area contributed by atoms with Crippen LogP contribution in [0, 0.1) is 11.3 Å². The molecule has 0 heterocycles. The number of amides is 1. The van der Waals surface area contributed by atoms with Gasteiger partial charge < -0.3 is 15.0 Å². The Morgan fingerprint density at radius 2 is 2.26 bits per heavy atom. The monoisotopic (exact) mass is 261 g/mol. The molecule has 0 saturated carbocycles. The average Bonchev–Trinajstić information content (AvgIpc) is 2.42. The van der Waals surface area contributed by atoms with E-state index in [1.54, 1.807) is 25.1 Å². The fraction of sp³-hybridized carbons (Fsp3) is 0.429. The summed E-state index contributed by atoms with van der Waals surface area (Å²) in [7, 11) is 3.47. The van der Waals surface area contributed by atoms with Crippen LogP contribution in [0.4, 0.5) is 0 Å². The molecule has 1 amide bonds. The van der Waals surface area contributed by atoms with Crippen molar-refractivity contribution in [3.05, 3.63) is 29.8 Å². The first-order valence-electron chi connectivity index (χ1n) is 6.08. The largest absolute Gasteiger partial charge is 0.479 e. The predicted octanol–water partition coefficient (Wildman–Crippen LogP) is 1.16. The van der Waals surface area contributed by atoms with Crippen LogP contribution in [-0.2, 0) is 11.3 Å².